The van der Waals surface area contributed by atoms with E-state index in [-0.39, 0.29) is 0 Å². The Morgan fingerprint density at radius 2 is 1.70 bits per heavy atom. The van der Waals surface area contributed by atoms with Gasteiger partial charge in [0, 0.05) is 68.3 Å². The molecule has 0 saturated carbocycles. The molecule has 188 valence electrons. The molecule has 4 heterocycles. The summed E-state index contributed by atoms with van der Waals surface area (Å²) in [5.74, 6) is 0.611. The summed E-state index contributed by atoms with van der Waals surface area (Å²) in [6.07, 6.45) is 6.68. The van der Waals surface area contributed by atoms with E-state index in [0.29, 0.717) is 5.95 Å². The SMILES string of the molecule is CCCN1Sc2cnc(Nc3ccc(N4CCN(C)CC4)cc3)nc2-c2ccc(-c3ccncc3)cc21. The lowest BCUT2D eigenvalue weighted by Gasteiger charge is -2.34. The second-order valence-electron chi connectivity index (χ2n) is 9.53. The van der Waals surface area contributed by atoms with E-state index >= 15 is 0 Å². The molecule has 4 aromatic rings. The van der Waals surface area contributed by atoms with Crippen LogP contribution in [0.3, 0.4) is 0 Å². The lowest BCUT2D eigenvalue weighted by Crippen LogP contribution is -2.44. The monoisotopic (exact) mass is 509 g/mol. The molecular weight excluding hydrogens is 478 g/mol. The fourth-order valence-corrected chi connectivity index (χ4v) is 5.94. The standard InChI is InChI=1S/C29H31N7S/c1-3-14-36-26-19-22(21-10-12-30-13-11-21)4-9-25(26)28-27(37-36)20-31-29(33-28)32-23-5-7-24(8-6-23)35-17-15-34(2)16-18-35/h4-13,19-20H,3,14-18H2,1-2H3,(H,31,32,33). The fraction of sp³-hybridized carbons (Fsp3) is 0.276. The third-order valence-electron chi connectivity index (χ3n) is 6.92. The molecule has 37 heavy (non-hydrogen) atoms. The molecule has 0 radical (unpaired) electrons. The number of hydrogen-bond donors (Lipinski definition) is 1. The van der Waals surface area contributed by atoms with Crippen LogP contribution in [-0.2, 0) is 0 Å². The zero-order valence-corrected chi connectivity index (χ0v) is 22.1. The maximum atomic E-state index is 4.97. The van der Waals surface area contributed by atoms with Crippen LogP contribution in [0.5, 0.6) is 0 Å². The van der Waals surface area contributed by atoms with E-state index in [9.17, 15) is 0 Å². The molecule has 1 saturated heterocycles. The number of rotatable bonds is 6. The van der Waals surface area contributed by atoms with Gasteiger partial charge in [-0.3, -0.25) is 4.98 Å². The van der Waals surface area contributed by atoms with Crippen LogP contribution in [0.15, 0.2) is 78.1 Å². The highest BCUT2D eigenvalue weighted by Gasteiger charge is 2.25. The number of benzene rings is 2. The Bertz CT molecular complexity index is 1370. The minimum absolute atomic E-state index is 0.611. The molecule has 1 fully saturated rings. The summed E-state index contributed by atoms with van der Waals surface area (Å²) in [5, 5.41) is 3.42. The van der Waals surface area contributed by atoms with Gasteiger partial charge in [0.1, 0.15) is 0 Å². The van der Waals surface area contributed by atoms with Crippen LogP contribution in [-0.4, -0.2) is 59.6 Å². The van der Waals surface area contributed by atoms with E-state index in [1.54, 1.807) is 11.9 Å². The molecule has 0 amide bonds. The molecule has 2 aliphatic rings. The van der Waals surface area contributed by atoms with Crippen molar-refractivity contribution in [2.45, 2.75) is 18.2 Å². The number of likely N-dealkylation sites (N-methyl/N-ethyl adjacent to an activating group) is 1. The van der Waals surface area contributed by atoms with Crippen LogP contribution in [0.2, 0.25) is 0 Å². The largest absolute Gasteiger partial charge is 0.369 e. The summed E-state index contributed by atoms with van der Waals surface area (Å²) < 4.78 is 2.36. The zero-order chi connectivity index (χ0) is 25.2. The molecule has 0 atom stereocenters. The first-order chi connectivity index (χ1) is 18.2. The minimum Gasteiger partial charge on any atom is -0.369 e. The summed E-state index contributed by atoms with van der Waals surface area (Å²) in [5.41, 5.74) is 7.89. The van der Waals surface area contributed by atoms with Gasteiger partial charge in [-0.15, -0.1) is 0 Å². The highest BCUT2D eigenvalue weighted by molar-refractivity contribution is 8.00. The van der Waals surface area contributed by atoms with Gasteiger partial charge in [0.2, 0.25) is 5.95 Å². The van der Waals surface area contributed by atoms with Gasteiger partial charge in [0.15, 0.2) is 0 Å². The number of nitrogens with zero attached hydrogens (tertiary/aromatic N) is 6. The van der Waals surface area contributed by atoms with Gasteiger partial charge in [0.05, 0.1) is 16.3 Å². The Morgan fingerprint density at radius 3 is 2.46 bits per heavy atom. The molecule has 0 bridgehead atoms. The van der Waals surface area contributed by atoms with Crippen molar-refractivity contribution in [3.8, 4) is 22.4 Å². The highest BCUT2D eigenvalue weighted by Crippen LogP contribution is 2.47. The minimum atomic E-state index is 0.611. The molecule has 2 aromatic carbocycles. The van der Waals surface area contributed by atoms with Gasteiger partial charge in [-0.2, -0.15) is 0 Å². The number of piperazine rings is 1. The predicted molar refractivity (Wildman–Crippen MR) is 154 cm³/mol. The number of hydrogen-bond acceptors (Lipinski definition) is 8. The summed E-state index contributed by atoms with van der Waals surface area (Å²) in [6, 6.07) is 19.3. The van der Waals surface area contributed by atoms with Crippen LogP contribution < -0.4 is 14.5 Å². The van der Waals surface area contributed by atoms with E-state index in [0.717, 1.165) is 66.5 Å². The van der Waals surface area contributed by atoms with E-state index in [2.05, 4.69) is 98.0 Å². The van der Waals surface area contributed by atoms with Gasteiger partial charge in [-0.05, 0) is 79.0 Å². The Hall–Kier alpha value is -3.62. The van der Waals surface area contributed by atoms with Crippen molar-refractivity contribution >= 4 is 35.0 Å². The summed E-state index contributed by atoms with van der Waals surface area (Å²) in [7, 11) is 2.18. The third-order valence-corrected chi connectivity index (χ3v) is 8.01. The molecule has 0 aliphatic carbocycles. The first-order valence-electron chi connectivity index (χ1n) is 12.9. The van der Waals surface area contributed by atoms with Gasteiger partial charge in [-0.1, -0.05) is 19.1 Å². The predicted octanol–water partition coefficient (Wildman–Crippen LogP) is 5.94. The smallest absolute Gasteiger partial charge is 0.227 e. The molecule has 7 nitrogen and oxygen atoms in total. The van der Waals surface area contributed by atoms with E-state index in [1.165, 1.54) is 16.9 Å². The second kappa shape index (κ2) is 10.4. The Labute approximate surface area is 222 Å². The number of aromatic nitrogens is 3. The normalized spacial score (nSPS) is 15.3. The Morgan fingerprint density at radius 1 is 0.919 bits per heavy atom. The van der Waals surface area contributed by atoms with Crippen molar-refractivity contribution in [3.05, 3.63) is 73.2 Å². The second-order valence-corrected chi connectivity index (χ2v) is 10.6. The Kier molecular flexibility index (Phi) is 6.68. The maximum absolute atomic E-state index is 4.97. The highest BCUT2D eigenvalue weighted by atomic mass is 32.2. The van der Waals surface area contributed by atoms with Crippen LogP contribution in [0.4, 0.5) is 23.0 Å². The van der Waals surface area contributed by atoms with E-state index < -0.39 is 0 Å². The molecule has 2 aromatic heterocycles. The van der Waals surface area contributed by atoms with Crippen molar-refractivity contribution < 1.29 is 0 Å². The molecular formula is C29H31N7S. The first kappa shape index (κ1) is 23.8. The number of anilines is 4. The fourth-order valence-electron chi connectivity index (χ4n) is 4.84. The number of fused-ring (bicyclic) bond motifs is 3. The van der Waals surface area contributed by atoms with Crippen LogP contribution >= 0.6 is 11.9 Å². The van der Waals surface area contributed by atoms with Gasteiger partial charge in [0.25, 0.3) is 0 Å². The summed E-state index contributed by atoms with van der Waals surface area (Å²) in [6.45, 7) is 7.49. The van der Waals surface area contributed by atoms with Gasteiger partial charge < -0.3 is 19.4 Å². The third kappa shape index (κ3) is 4.99. The van der Waals surface area contributed by atoms with Crippen LogP contribution in [0.25, 0.3) is 22.4 Å². The lowest BCUT2D eigenvalue weighted by molar-refractivity contribution is 0.313. The number of nitrogens with one attached hydrogen (secondary N) is 1. The first-order valence-corrected chi connectivity index (χ1v) is 13.6. The average Bonchev–Trinajstić information content (AvgIpc) is 2.95. The van der Waals surface area contributed by atoms with Crippen LogP contribution in [0.1, 0.15) is 13.3 Å². The van der Waals surface area contributed by atoms with Crippen molar-refractivity contribution in [2.75, 3.05) is 54.3 Å². The van der Waals surface area contributed by atoms with Crippen molar-refractivity contribution in [1.29, 1.82) is 0 Å². The average molecular weight is 510 g/mol. The number of pyridine rings is 1. The van der Waals surface area contributed by atoms with E-state index in [4.69, 9.17) is 4.98 Å². The lowest BCUT2D eigenvalue weighted by atomic mass is 10.0. The molecule has 2 aliphatic heterocycles. The summed E-state index contributed by atoms with van der Waals surface area (Å²) >= 11 is 1.72. The molecule has 0 unspecified atom stereocenters. The van der Waals surface area contributed by atoms with E-state index in [1.807, 2.05) is 18.6 Å². The zero-order valence-electron chi connectivity index (χ0n) is 21.3. The summed E-state index contributed by atoms with van der Waals surface area (Å²) in [4.78, 5) is 19.7. The van der Waals surface area contributed by atoms with Crippen molar-refractivity contribution in [1.82, 2.24) is 19.9 Å². The van der Waals surface area contributed by atoms with Crippen LogP contribution in [0, 0.1) is 0 Å². The Balaban J connectivity index is 1.27. The molecule has 8 heteroatoms. The maximum Gasteiger partial charge on any atom is 0.227 e. The van der Waals surface area contributed by atoms with Crippen molar-refractivity contribution in [2.24, 2.45) is 0 Å². The molecule has 6 rings (SSSR count). The van der Waals surface area contributed by atoms with Gasteiger partial charge in [-0.25, -0.2) is 9.97 Å². The van der Waals surface area contributed by atoms with Gasteiger partial charge >= 0.3 is 0 Å². The van der Waals surface area contributed by atoms with Crippen molar-refractivity contribution in [3.63, 3.8) is 0 Å². The topological polar surface area (TPSA) is 60.4 Å². The quantitative estimate of drug-likeness (QED) is 0.321. The molecule has 0 spiro atoms. The molecule has 1 N–H and O–H groups in total.